The Morgan fingerprint density at radius 2 is 0.827 bits per heavy atom. The molecule has 0 radical (unpaired) electrons. The van der Waals surface area contributed by atoms with Crippen LogP contribution in [0.25, 0.3) is 0 Å². The van der Waals surface area contributed by atoms with Crippen molar-refractivity contribution in [1.82, 2.24) is 0 Å². The minimum Gasteiger partial charge on any atom is -0.462 e. The summed E-state index contributed by atoms with van der Waals surface area (Å²) in [6, 6.07) is 0. The zero-order valence-electron chi connectivity index (χ0n) is 33.0. The molecule has 0 aliphatic heterocycles. The van der Waals surface area contributed by atoms with E-state index in [1.54, 1.807) is 0 Å². The smallest absolute Gasteiger partial charge is 0.306 e. The summed E-state index contributed by atoms with van der Waals surface area (Å²) in [4.78, 5) is 24.3. The molecule has 0 aromatic rings. The van der Waals surface area contributed by atoms with E-state index in [1.165, 1.54) is 25.7 Å². The molecule has 0 bridgehead atoms. The maximum atomic E-state index is 12.2. The van der Waals surface area contributed by atoms with Crippen molar-refractivity contribution in [1.29, 1.82) is 0 Å². The van der Waals surface area contributed by atoms with E-state index >= 15 is 0 Å². The number of allylic oxidation sites excluding steroid dienone is 18. The Kier molecular flexibility index (Phi) is 39.2. The number of ether oxygens (including phenoxy) is 2. The number of rotatable bonds is 35. The number of aliphatic hydroxyl groups is 1. The maximum Gasteiger partial charge on any atom is 0.306 e. The van der Waals surface area contributed by atoms with Crippen LogP contribution in [-0.2, 0) is 19.1 Å². The van der Waals surface area contributed by atoms with Crippen LogP contribution in [0.15, 0.2) is 109 Å². The zero-order valence-corrected chi connectivity index (χ0v) is 33.0. The molecule has 0 heterocycles. The Morgan fingerprint density at radius 1 is 0.462 bits per heavy atom. The van der Waals surface area contributed by atoms with E-state index in [1.807, 2.05) is 0 Å². The molecule has 0 aliphatic carbocycles. The van der Waals surface area contributed by atoms with Gasteiger partial charge in [0.05, 0.1) is 6.61 Å². The van der Waals surface area contributed by atoms with Crippen LogP contribution in [0.2, 0.25) is 0 Å². The molecule has 0 amide bonds. The van der Waals surface area contributed by atoms with Gasteiger partial charge in [-0.1, -0.05) is 149 Å². The lowest BCUT2D eigenvalue weighted by Gasteiger charge is -2.15. The molecule has 0 saturated heterocycles. The lowest BCUT2D eigenvalue weighted by Crippen LogP contribution is -2.28. The van der Waals surface area contributed by atoms with E-state index in [-0.39, 0.29) is 25.2 Å². The van der Waals surface area contributed by atoms with Crippen molar-refractivity contribution in [3.63, 3.8) is 0 Å². The SMILES string of the molecule is CCC=CCC=CCC=CCC=CCC=CCCCCCC(=O)OC[C@H](CO)OC(=O)CCCCCC=CCC=CCC=CCC=CCCCCC. The molecule has 0 aliphatic rings. The summed E-state index contributed by atoms with van der Waals surface area (Å²) in [6.07, 6.45) is 60.0. The fourth-order valence-electron chi connectivity index (χ4n) is 4.97. The molecule has 1 N–H and O–H groups in total. The Labute approximate surface area is 319 Å². The molecule has 0 saturated carbocycles. The van der Waals surface area contributed by atoms with E-state index in [2.05, 4.69) is 123 Å². The van der Waals surface area contributed by atoms with Crippen LogP contribution in [-0.4, -0.2) is 36.4 Å². The normalized spacial score (nSPS) is 13.4. The highest BCUT2D eigenvalue weighted by molar-refractivity contribution is 5.70. The topological polar surface area (TPSA) is 72.8 Å². The summed E-state index contributed by atoms with van der Waals surface area (Å²) in [5.74, 6) is -0.677. The molecule has 5 nitrogen and oxygen atoms in total. The van der Waals surface area contributed by atoms with Crippen LogP contribution in [0, 0.1) is 0 Å². The van der Waals surface area contributed by atoms with Crippen molar-refractivity contribution >= 4 is 11.9 Å². The third-order valence-corrected chi connectivity index (χ3v) is 8.05. The summed E-state index contributed by atoms with van der Waals surface area (Å²) < 4.78 is 10.6. The summed E-state index contributed by atoms with van der Waals surface area (Å²) in [6.45, 7) is 3.92. The second-order valence-electron chi connectivity index (χ2n) is 13.0. The van der Waals surface area contributed by atoms with Crippen LogP contribution in [0.3, 0.4) is 0 Å². The molecular weight excluding hydrogens is 645 g/mol. The quantitative estimate of drug-likeness (QED) is 0.0401. The number of esters is 2. The first-order chi connectivity index (χ1) is 25.6. The first-order valence-electron chi connectivity index (χ1n) is 20.4. The van der Waals surface area contributed by atoms with Crippen LogP contribution in [0.5, 0.6) is 0 Å². The van der Waals surface area contributed by atoms with Crippen LogP contribution < -0.4 is 0 Å². The largest absolute Gasteiger partial charge is 0.462 e. The lowest BCUT2D eigenvalue weighted by atomic mass is 10.1. The first-order valence-corrected chi connectivity index (χ1v) is 20.4. The molecule has 0 spiro atoms. The molecule has 0 aromatic heterocycles. The van der Waals surface area contributed by atoms with E-state index < -0.39 is 6.10 Å². The molecule has 0 fully saturated rings. The average Bonchev–Trinajstić information content (AvgIpc) is 3.15. The molecule has 1 atom stereocenters. The predicted octanol–water partition coefficient (Wildman–Crippen LogP) is 13.1. The van der Waals surface area contributed by atoms with Gasteiger partial charge in [0.25, 0.3) is 0 Å². The van der Waals surface area contributed by atoms with Gasteiger partial charge in [0, 0.05) is 12.8 Å². The molecule has 292 valence electrons. The van der Waals surface area contributed by atoms with Gasteiger partial charge in [0.2, 0.25) is 0 Å². The van der Waals surface area contributed by atoms with Crippen LogP contribution in [0.1, 0.15) is 155 Å². The van der Waals surface area contributed by atoms with Gasteiger partial charge in [-0.3, -0.25) is 9.59 Å². The highest BCUT2D eigenvalue weighted by Crippen LogP contribution is 2.09. The summed E-state index contributed by atoms with van der Waals surface area (Å²) >= 11 is 0. The monoisotopic (exact) mass is 719 g/mol. The molecule has 0 unspecified atom stereocenters. The summed E-state index contributed by atoms with van der Waals surface area (Å²) in [7, 11) is 0. The van der Waals surface area contributed by atoms with E-state index in [4.69, 9.17) is 9.47 Å². The maximum absolute atomic E-state index is 12.2. The number of carbonyl (C=O) groups excluding carboxylic acids is 2. The predicted molar refractivity (Wildman–Crippen MR) is 223 cm³/mol. The highest BCUT2D eigenvalue weighted by Gasteiger charge is 2.16. The summed E-state index contributed by atoms with van der Waals surface area (Å²) in [5, 5.41) is 9.56. The Hall–Kier alpha value is -3.44. The Morgan fingerprint density at radius 3 is 1.21 bits per heavy atom. The minimum atomic E-state index is -0.810. The second-order valence-corrected chi connectivity index (χ2v) is 13.0. The van der Waals surface area contributed by atoms with Gasteiger partial charge < -0.3 is 14.6 Å². The van der Waals surface area contributed by atoms with Gasteiger partial charge in [0.1, 0.15) is 6.61 Å². The van der Waals surface area contributed by atoms with E-state index in [9.17, 15) is 14.7 Å². The van der Waals surface area contributed by atoms with Crippen molar-refractivity contribution in [2.45, 2.75) is 161 Å². The van der Waals surface area contributed by atoms with E-state index in [0.717, 1.165) is 103 Å². The molecule has 0 rings (SSSR count). The van der Waals surface area contributed by atoms with Crippen molar-refractivity contribution in [3.05, 3.63) is 109 Å². The highest BCUT2D eigenvalue weighted by atomic mass is 16.6. The Bertz CT molecular complexity index is 1090. The van der Waals surface area contributed by atoms with Crippen LogP contribution >= 0.6 is 0 Å². The third-order valence-electron chi connectivity index (χ3n) is 8.05. The first kappa shape index (κ1) is 48.6. The number of hydrogen-bond donors (Lipinski definition) is 1. The fourth-order valence-corrected chi connectivity index (χ4v) is 4.97. The average molecular weight is 719 g/mol. The fraction of sp³-hybridized carbons (Fsp3) is 0.574. The zero-order chi connectivity index (χ0) is 37.8. The van der Waals surface area contributed by atoms with Crippen LogP contribution in [0.4, 0.5) is 0 Å². The number of carbonyl (C=O) groups is 2. The van der Waals surface area contributed by atoms with Crippen molar-refractivity contribution in [3.8, 4) is 0 Å². The van der Waals surface area contributed by atoms with Crippen molar-refractivity contribution in [2.24, 2.45) is 0 Å². The molecule has 52 heavy (non-hydrogen) atoms. The minimum absolute atomic E-state index is 0.104. The van der Waals surface area contributed by atoms with Gasteiger partial charge in [-0.2, -0.15) is 0 Å². The van der Waals surface area contributed by atoms with Gasteiger partial charge in [-0.05, 0) is 103 Å². The van der Waals surface area contributed by atoms with Crippen molar-refractivity contribution < 1.29 is 24.2 Å². The van der Waals surface area contributed by atoms with Gasteiger partial charge >= 0.3 is 11.9 Å². The Balaban J connectivity index is 3.74. The van der Waals surface area contributed by atoms with Crippen molar-refractivity contribution in [2.75, 3.05) is 13.2 Å². The number of aliphatic hydroxyl groups excluding tert-OH is 1. The summed E-state index contributed by atoms with van der Waals surface area (Å²) in [5.41, 5.74) is 0. The van der Waals surface area contributed by atoms with Gasteiger partial charge in [-0.25, -0.2) is 0 Å². The molecule has 5 heteroatoms. The van der Waals surface area contributed by atoms with E-state index in [0.29, 0.717) is 12.8 Å². The van der Waals surface area contributed by atoms with Gasteiger partial charge in [-0.15, -0.1) is 0 Å². The number of hydrogen-bond acceptors (Lipinski definition) is 5. The lowest BCUT2D eigenvalue weighted by molar-refractivity contribution is -0.161. The standard InChI is InChI=1S/C47H74O5/c1-3-5-7-9-11-13-15-17-19-21-23-25-27-29-31-33-35-37-39-41-46(49)51-44-45(43-48)52-47(50)42-40-38-36-34-32-30-28-26-24-22-20-18-16-14-12-10-8-6-4-2/h5,7,11-14,17-20,23-26,29-32,45,48H,3-4,6,8-10,15-16,21-22,27-28,33-44H2,1-2H3/t45-/m0/s1. The number of unbranched alkanes of at least 4 members (excludes halogenated alkanes) is 9. The third kappa shape index (κ3) is 39.3. The second kappa shape index (κ2) is 42.0. The molecular formula is C47H74O5. The van der Waals surface area contributed by atoms with Gasteiger partial charge in [0.15, 0.2) is 6.10 Å². The molecule has 0 aromatic carbocycles.